The number of aliphatic imine (C=N–C) groups is 1. The number of hydrogen-bond donors (Lipinski definition) is 1. The van der Waals surface area contributed by atoms with Crippen LogP contribution in [0.5, 0.6) is 5.75 Å². The molecule has 1 aromatic heterocycles. The Morgan fingerprint density at radius 1 is 1.03 bits per heavy atom. The second-order valence-corrected chi connectivity index (χ2v) is 7.07. The van der Waals surface area contributed by atoms with Gasteiger partial charge in [-0.05, 0) is 35.9 Å². The molecule has 1 aliphatic rings. The Bertz CT molecular complexity index is 979. The Morgan fingerprint density at radius 3 is 2.47 bits per heavy atom. The first-order valence-corrected chi connectivity index (χ1v) is 9.95. The maximum absolute atomic E-state index is 5.25. The summed E-state index contributed by atoms with van der Waals surface area (Å²) in [5, 5.41) is 4.68. The number of anilines is 1. The average molecular weight is 517 g/mol. The molecule has 2 aromatic carbocycles. The van der Waals surface area contributed by atoms with Crippen LogP contribution >= 0.6 is 24.0 Å². The molecule has 0 atom stereocenters. The number of benzene rings is 2. The molecular weight excluding hydrogens is 489 g/mol. The Kier molecular flexibility index (Phi) is 7.73. The number of nitrogens with one attached hydrogen (secondary N) is 1. The summed E-state index contributed by atoms with van der Waals surface area (Å²) in [5.41, 5.74) is 3.46. The van der Waals surface area contributed by atoms with Crippen molar-refractivity contribution in [3.63, 3.8) is 0 Å². The number of aromatic nitrogens is 1. The third kappa shape index (κ3) is 4.95. The first-order chi connectivity index (χ1) is 14.3. The van der Waals surface area contributed by atoms with Gasteiger partial charge in [0.1, 0.15) is 5.75 Å². The second kappa shape index (κ2) is 10.5. The molecule has 30 heavy (non-hydrogen) atoms. The van der Waals surface area contributed by atoms with Crippen molar-refractivity contribution < 1.29 is 4.74 Å². The molecule has 2 heterocycles. The van der Waals surface area contributed by atoms with Gasteiger partial charge in [-0.15, -0.1) is 24.0 Å². The van der Waals surface area contributed by atoms with Gasteiger partial charge in [-0.3, -0.25) is 9.98 Å². The van der Waals surface area contributed by atoms with E-state index in [1.807, 2.05) is 31.4 Å². The van der Waals surface area contributed by atoms with Crippen molar-refractivity contribution in [2.75, 3.05) is 45.2 Å². The maximum atomic E-state index is 5.25. The molecule has 1 aliphatic heterocycles. The number of ether oxygens (including phenoxy) is 1. The maximum Gasteiger partial charge on any atom is 0.194 e. The van der Waals surface area contributed by atoms with Gasteiger partial charge in [0, 0.05) is 57.0 Å². The van der Waals surface area contributed by atoms with Crippen molar-refractivity contribution in [1.29, 1.82) is 0 Å². The average Bonchev–Trinajstić information content (AvgIpc) is 2.80. The molecule has 158 valence electrons. The van der Waals surface area contributed by atoms with Gasteiger partial charge in [-0.1, -0.05) is 24.3 Å². The number of piperazine rings is 1. The highest BCUT2D eigenvalue weighted by Crippen LogP contribution is 2.21. The van der Waals surface area contributed by atoms with Gasteiger partial charge in [0.2, 0.25) is 0 Å². The van der Waals surface area contributed by atoms with Crippen LogP contribution in [0.3, 0.4) is 0 Å². The number of fused-ring (bicyclic) bond motifs is 1. The van der Waals surface area contributed by atoms with Crippen LogP contribution < -0.4 is 15.0 Å². The highest BCUT2D eigenvalue weighted by molar-refractivity contribution is 14.0. The highest BCUT2D eigenvalue weighted by atomic mass is 127. The zero-order chi connectivity index (χ0) is 20.1. The first-order valence-electron chi connectivity index (χ1n) is 9.95. The smallest absolute Gasteiger partial charge is 0.194 e. The SMILES string of the molecule is CN=C(NCc1cccc2cccnc12)N1CCN(c2ccc(OC)cc2)CC1.I. The number of para-hydroxylation sites is 1. The Balaban J connectivity index is 0.00000256. The van der Waals surface area contributed by atoms with Gasteiger partial charge in [0.25, 0.3) is 0 Å². The lowest BCUT2D eigenvalue weighted by Crippen LogP contribution is -2.52. The normalized spacial score (nSPS) is 14.4. The third-order valence-corrected chi connectivity index (χ3v) is 5.38. The van der Waals surface area contributed by atoms with Crippen LogP contribution in [0.25, 0.3) is 10.9 Å². The van der Waals surface area contributed by atoms with E-state index in [4.69, 9.17) is 4.74 Å². The van der Waals surface area contributed by atoms with Crippen LogP contribution in [-0.4, -0.2) is 56.2 Å². The van der Waals surface area contributed by atoms with E-state index in [1.165, 1.54) is 11.3 Å². The van der Waals surface area contributed by atoms with E-state index in [-0.39, 0.29) is 24.0 Å². The zero-order valence-electron chi connectivity index (χ0n) is 17.4. The lowest BCUT2D eigenvalue weighted by molar-refractivity contribution is 0.372. The van der Waals surface area contributed by atoms with Crippen LogP contribution in [0.15, 0.2) is 65.8 Å². The Hall–Kier alpha value is -2.55. The van der Waals surface area contributed by atoms with E-state index in [2.05, 4.69) is 61.5 Å². The van der Waals surface area contributed by atoms with Crippen LogP contribution in [0.1, 0.15) is 5.56 Å². The predicted octanol–water partition coefficient (Wildman–Crippen LogP) is 3.76. The summed E-state index contributed by atoms with van der Waals surface area (Å²) in [6.07, 6.45) is 1.85. The molecule has 0 amide bonds. The Labute approximate surface area is 195 Å². The number of nitrogens with zero attached hydrogens (tertiary/aromatic N) is 4. The molecule has 0 unspecified atom stereocenters. The lowest BCUT2D eigenvalue weighted by Gasteiger charge is -2.37. The number of guanidine groups is 1. The summed E-state index contributed by atoms with van der Waals surface area (Å²) in [5.74, 6) is 1.83. The zero-order valence-corrected chi connectivity index (χ0v) is 19.7. The molecule has 6 nitrogen and oxygen atoms in total. The minimum Gasteiger partial charge on any atom is -0.497 e. The van der Waals surface area contributed by atoms with Gasteiger partial charge < -0.3 is 19.9 Å². The summed E-state index contributed by atoms with van der Waals surface area (Å²) in [6, 6.07) is 18.6. The molecule has 4 rings (SSSR count). The number of halogens is 1. The Morgan fingerprint density at radius 2 is 1.77 bits per heavy atom. The second-order valence-electron chi connectivity index (χ2n) is 7.07. The topological polar surface area (TPSA) is 53.0 Å². The molecular formula is C23H28IN5O. The number of rotatable bonds is 4. The van der Waals surface area contributed by atoms with E-state index in [1.54, 1.807) is 7.11 Å². The fraction of sp³-hybridized carbons (Fsp3) is 0.304. The summed E-state index contributed by atoms with van der Waals surface area (Å²) in [4.78, 5) is 13.8. The molecule has 1 fully saturated rings. The fourth-order valence-electron chi connectivity index (χ4n) is 3.79. The molecule has 1 saturated heterocycles. The van der Waals surface area contributed by atoms with Crippen LogP contribution in [0.4, 0.5) is 5.69 Å². The summed E-state index contributed by atoms with van der Waals surface area (Å²) < 4.78 is 5.25. The number of pyridine rings is 1. The quantitative estimate of drug-likeness (QED) is 0.325. The summed E-state index contributed by atoms with van der Waals surface area (Å²) in [7, 11) is 3.54. The van der Waals surface area contributed by atoms with E-state index in [9.17, 15) is 0 Å². The van der Waals surface area contributed by atoms with Gasteiger partial charge in [0.15, 0.2) is 5.96 Å². The van der Waals surface area contributed by atoms with E-state index >= 15 is 0 Å². The molecule has 0 saturated carbocycles. The van der Waals surface area contributed by atoms with Gasteiger partial charge in [-0.25, -0.2) is 0 Å². The minimum atomic E-state index is 0. The molecule has 7 heteroatoms. The predicted molar refractivity (Wildman–Crippen MR) is 134 cm³/mol. The van der Waals surface area contributed by atoms with Crippen molar-refractivity contribution in [3.8, 4) is 5.75 Å². The molecule has 0 aliphatic carbocycles. The van der Waals surface area contributed by atoms with Crippen LogP contribution in [0.2, 0.25) is 0 Å². The molecule has 3 aromatic rings. The van der Waals surface area contributed by atoms with Crippen LogP contribution in [-0.2, 0) is 6.54 Å². The number of hydrogen-bond acceptors (Lipinski definition) is 4. The molecule has 1 N–H and O–H groups in total. The van der Waals surface area contributed by atoms with Gasteiger partial charge >= 0.3 is 0 Å². The fourth-order valence-corrected chi connectivity index (χ4v) is 3.79. The van der Waals surface area contributed by atoms with Crippen molar-refractivity contribution >= 4 is 46.5 Å². The van der Waals surface area contributed by atoms with Crippen molar-refractivity contribution in [2.24, 2.45) is 4.99 Å². The van der Waals surface area contributed by atoms with Gasteiger partial charge in [0.05, 0.1) is 12.6 Å². The largest absolute Gasteiger partial charge is 0.497 e. The standard InChI is InChI=1S/C23H27N5O.HI/c1-24-23(26-17-19-6-3-5-18-7-4-12-25-22(18)19)28-15-13-27(14-16-28)20-8-10-21(29-2)11-9-20;/h3-12H,13-17H2,1-2H3,(H,24,26);1H. The monoisotopic (exact) mass is 517 g/mol. The molecule has 0 bridgehead atoms. The molecule has 0 spiro atoms. The van der Waals surface area contributed by atoms with E-state index < -0.39 is 0 Å². The first kappa shape index (κ1) is 22.1. The van der Waals surface area contributed by atoms with E-state index in [0.29, 0.717) is 6.54 Å². The van der Waals surface area contributed by atoms with Crippen molar-refractivity contribution in [2.45, 2.75) is 6.54 Å². The summed E-state index contributed by atoms with van der Waals surface area (Å²) >= 11 is 0. The van der Waals surface area contributed by atoms with E-state index in [0.717, 1.165) is 48.8 Å². The van der Waals surface area contributed by atoms with Crippen molar-refractivity contribution in [1.82, 2.24) is 15.2 Å². The minimum absolute atomic E-state index is 0. The lowest BCUT2D eigenvalue weighted by atomic mass is 10.1. The van der Waals surface area contributed by atoms with Crippen molar-refractivity contribution in [3.05, 3.63) is 66.4 Å². The summed E-state index contributed by atoms with van der Waals surface area (Å²) in [6.45, 7) is 4.49. The van der Waals surface area contributed by atoms with Gasteiger partial charge in [-0.2, -0.15) is 0 Å². The number of methoxy groups -OCH3 is 1. The highest BCUT2D eigenvalue weighted by Gasteiger charge is 2.20. The molecule has 0 radical (unpaired) electrons. The van der Waals surface area contributed by atoms with Crippen LogP contribution in [0, 0.1) is 0 Å². The third-order valence-electron chi connectivity index (χ3n) is 5.38.